The molecule has 9 heteroatoms. The molecular formula is C24H26N6O3. The number of hydrogen-bond acceptors (Lipinski definition) is 7. The number of likely N-dealkylation sites (tertiary alicyclic amines) is 1. The fraction of sp³-hybridized carbons (Fsp3) is 0.375. The quantitative estimate of drug-likeness (QED) is 0.637. The van der Waals surface area contributed by atoms with Gasteiger partial charge in [-0.3, -0.25) is 19.5 Å². The first kappa shape index (κ1) is 21.3. The summed E-state index contributed by atoms with van der Waals surface area (Å²) < 4.78 is 5.22. The second kappa shape index (κ2) is 9.11. The molecule has 1 atom stereocenters. The molecule has 3 aromatic rings. The lowest BCUT2D eigenvalue weighted by Crippen LogP contribution is -2.36. The van der Waals surface area contributed by atoms with E-state index in [1.807, 2.05) is 24.3 Å². The van der Waals surface area contributed by atoms with Crippen molar-refractivity contribution in [1.29, 1.82) is 0 Å². The Labute approximate surface area is 191 Å². The molecule has 2 aromatic heterocycles. The number of nitrogens with one attached hydrogen (secondary N) is 1. The van der Waals surface area contributed by atoms with Crippen LogP contribution in [0.25, 0.3) is 0 Å². The van der Waals surface area contributed by atoms with E-state index in [1.165, 1.54) is 18.0 Å². The largest absolute Gasteiger partial charge is 0.497 e. The summed E-state index contributed by atoms with van der Waals surface area (Å²) in [6, 6.07) is 8.00. The summed E-state index contributed by atoms with van der Waals surface area (Å²) in [5.41, 5.74) is 3.05. The van der Waals surface area contributed by atoms with Crippen LogP contribution < -0.4 is 10.3 Å². The van der Waals surface area contributed by atoms with Crippen LogP contribution in [-0.4, -0.2) is 62.4 Å². The van der Waals surface area contributed by atoms with E-state index in [2.05, 4.69) is 19.9 Å². The second-order valence-electron chi connectivity index (χ2n) is 8.51. The van der Waals surface area contributed by atoms with Crippen molar-refractivity contribution in [2.45, 2.75) is 31.8 Å². The lowest BCUT2D eigenvalue weighted by molar-refractivity contribution is 0.0784. The minimum atomic E-state index is -0.139. The van der Waals surface area contributed by atoms with Crippen LogP contribution in [0.5, 0.6) is 5.75 Å². The highest BCUT2D eigenvalue weighted by molar-refractivity contribution is 5.92. The van der Waals surface area contributed by atoms with Crippen molar-refractivity contribution in [3.8, 4) is 5.75 Å². The Bertz CT molecular complexity index is 1200. The number of rotatable bonds is 5. The molecule has 1 fully saturated rings. The standard InChI is InChI=1S/C24H26N6O3/c1-33-18-4-2-16(3-5-18)13-29-10-7-20-19(15-29)23(31)28-22(27-20)17-6-11-30(14-17)24(32)21-12-25-8-9-26-21/h2-5,8-9,12,17H,6-7,10-11,13-15H2,1H3,(H,27,28,31)/t17-/m1/s1. The molecule has 170 valence electrons. The summed E-state index contributed by atoms with van der Waals surface area (Å²) >= 11 is 0. The van der Waals surface area contributed by atoms with E-state index in [9.17, 15) is 9.59 Å². The SMILES string of the molecule is COc1ccc(CN2CCc3nc([C@@H]4CCN(C(=O)c5cnccn5)C4)[nH]c(=O)c3C2)cc1. The van der Waals surface area contributed by atoms with Gasteiger partial charge in [0.25, 0.3) is 11.5 Å². The third kappa shape index (κ3) is 4.49. The number of hydrogen-bond donors (Lipinski definition) is 1. The van der Waals surface area contributed by atoms with E-state index >= 15 is 0 Å². The van der Waals surface area contributed by atoms with Crippen molar-refractivity contribution in [2.75, 3.05) is 26.7 Å². The van der Waals surface area contributed by atoms with Gasteiger partial charge in [-0.1, -0.05) is 12.1 Å². The molecule has 0 radical (unpaired) electrons. The number of carbonyl (C=O) groups excluding carboxylic acids is 1. The summed E-state index contributed by atoms with van der Waals surface area (Å²) in [6.07, 6.45) is 6.03. The molecule has 5 rings (SSSR count). The molecule has 0 aliphatic carbocycles. The highest BCUT2D eigenvalue weighted by atomic mass is 16.5. The molecule has 1 amide bonds. The first-order chi connectivity index (χ1) is 16.1. The molecular weight excluding hydrogens is 420 g/mol. The zero-order valence-corrected chi connectivity index (χ0v) is 18.5. The maximum atomic E-state index is 12.9. The summed E-state index contributed by atoms with van der Waals surface area (Å²) in [6.45, 7) is 3.31. The number of H-pyrrole nitrogens is 1. The van der Waals surface area contributed by atoms with Crippen molar-refractivity contribution in [1.82, 2.24) is 29.7 Å². The van der Waals surface area contributed by atoms with Crippen molar-refractivity contribution >= 4 is 5.91 Å². The van der Waals surface area contributed by atoms with Crippen LogP contribution in [0, 0.1) is 0 Å². The molecule has 1 saturated heterocycles. The Kier molecular flexibility index (Phi) is 5.87. The molecule has 0 bridgehead atoms. The Morgan fingerprint density at radius 2 is 2.06 bits per heavy atom. The minimum absolute atomic E-state index is 0.0148. The molecule has 33 heavy (non-hydrogen) atoms. The lowest BCUT2D eigenvalue weighted by Gasteiger charge is -2.28. The average Bonchev–Trinajstić information content (AvgIpc) is 3.35. The molecule has 0 spiro atoms. The van der Waals surface area contributed by atoms with Gasteiger partial charge in [-0.25, -0.2) is 9.97 Å². The molecule has 9 nitrogen and oxygen atoms in total. The van der Waals surface area contributed by atoms with Crippen LogP contribution in [0.15, 0.2) is 47.7 Å². The first-order valence-electron chi connectivity index (χ1n) is 11.1. The van der Waals surface area contributed by atoms with Crippen LogP contribution in [0.2, 0.25) is 0 Å². The number of carbonyl (C=O) groups is 1. The summed E-state index contributed by atoms with van der Waals surface area (Å²) in [4.78, 5) is 45.5. The van der Waals surface area contributed by atoms with Crippen LogP contribution in [0.4, 0.5) is 0 Å². The molecule has 2 aliphatic heterocycles. The van der Waals surface area contributed by atoms with Gasteiger partial charge in [0.1, 0.15) is 17.3 Å². The fourth-order valence-corrected chi connectivity index (χ4v) is 4.56. The Morgan fingerprint density at radius 1 is 1.21 bits per heavy atom. The van der Waals surface area contributed by atoms with Gasteiger partial charge in [0.2, 0.25) is 0 Å². The number of amides is 1. The lowest BCUT2D eigenvalue weighted by atomic mass is 10.0. The van der Waals surface area contributed by atoms with Crippen molar-refractivity contribution in [3.05, 3.63) is 81.5 Å². The van der Waals surface area contributed by atoms with Crippen molar-refractivity contribution < 1.29 is 9.53 Å². The zero-order valence-electron chi connectivity index (χ0n) is 18.5. The van der Waals surface area contributed by atoms with Gasteiger partial charge < -0.3 is 14.6 Å². The monoisotopic (exact) mass is 446 g/mol. The highest BCUT2D eigenvalue weighted by Crippen LogP contribution is 2.26. The average molecular weight is 447 g/mol. The molecule has 2 aliphatic rings. The predicted molar refractivity (Wildman–Crippen MR) is 121 cm³/mol. The Morgan fingerprint density at radius 3 is 2.82 bits per heavy atom. The van der Waals surface area contributed by atoms with Gasteiger partial charge in [0.05, 0.1) is 24.6 Å². The minimum Gasteiger partial charge on any atom is -0.497 e. The Balaban J connectivity index is 1.26. The topological polar surface area (TPSA) is 104 Å². The number of aromatic nitrogens is 4. The van der Waals surface area contributed by atoms with Crippen molar-refractivity contribution in [2.24, 2.45) is 0 Å². The van der Waals surface area contributed by atoms with Crippen molar-refractivity contribution in [3.63, 3.8) is 0 Å². The predicted octanol–water partition coefficient (Wildman–Crippen LogP) is 1.76. The summed E-state index contributed by atoms with van der Waals surface area (Å²) in [7, 11) is 1.66. The van der Waals surface area contributed by atoms with E-state index in [-0.39, 0.29) is 17.4 Å². The molecule has 1 N–H and O–H groups in total. The van der Waals surface area contributed by atoms with Gasteiger partial charge >= 0.3 is 0 Å². The number of aromatic amines is 1. The fourth-order valence-electron chi connectivity index (χ4n) is 4.56. The van der Waals surface area contributed by atoms with E-state index < -0.39 is 0 Å². The summed E-state index contributed by atoms with van der Waals surface area (Å²) in [5.74, 6) is 1.39. The second-order valence-corrected chi connectivity index (χ2v) is 8.51. The van der Waals surface area contributed by atoms with Crippen LogP contribution in [-0.2, 0) is 19.5 Å². The van der Waals surface area contributed by atoms with Gasteiger partial charge in [-0.05, 0) is 24.1 Å². The smallest absolute Gasteiger partial charge is 0.274 e. The molecule has 1 aromatic carbocycles. The van der Waals surface area contributed by atoms with Gasteiger partial charge in [0, 0.05) is 57.5 Å². The number of fused-ring (bicyclic) bond motifs is 1. The third-order valence-electron chi connectivity index (χ3n) is 6.38. The number of methoxy groups -OCH3 is 1. The van der Waals surface area contributed by atoms with Crippen LogP contribution >= 0.6 is 0 Å². The van der Waals surface area contributed by atoms with Gasteiger partial charge in [-0.15, -0.1) is 0 Å². The number of nitrogens with zero attached hydrogens (tertiary/aromatic N) is 5. The molecule has 0 unspecified atom stereocenters. The first-order valence-corrected chi connectivity index (χ1v) is 11.1. The van der Waals surface area contributed by atoms with Gasteiger partial charge in [0.15, 0.2) is 0 Å². The zero-order chi connectivity index (χ0) is 22.8. The van der Waals surface area contributed by atoms with Gasteiger partial charge in [-0.2, -0.15) is 0 Å². The maximum absolute atomic E-state index is 12.9. The van der Waals surface area contributed by atoms with E-state index in [0.29, 0.717) is 31.2 Å². The van der Waals surface area contributed by atoms with E-state index in [1.54, 1.807) is 18.2 Å². The number of ether oxygens (including phenoxy) is 1. The molecule has 4 heterocycles. The summed E-state index contributed by atoms with van der Waals surface area (Å²) in [5, 5.41) is 0. The van der Waals surface area contributed by atoms with Crippen LogP contribution in [0.3, 0.4) is 0 Å². The normalized spacial score (nSPS) is 18.2. The third-order valence-corrected chi connectivity index (χ3v) is 6.38. The number of benzene rings is 1. The maximum Gasteiger partial charge on any atom is 0.274 e. The highest BCUT2D eigenvalue weighted by Gasteiger charge is 2.31. The van der Waals surface area contributed by atoms with E-state index in [4.69, 9.17) is 9.72 Å². The Hall–Kier alpha value is -3.59. The molecule has 0 saturated carbocycles. The van der Waals surface area contributed by atoms with Crippen LogP contribution in [0.1, 0.15) is 45.5 Å². The van der Waals surface area contributed by atoms with E-state index in [0.717, 1.165) is 42.9 Å².